The Morgan fingerprint density at radius 1 is 1.13 bits per heavy atom. The number of hydrogen-bond donors (Lipinski definition) is 0. The highest BCUT2D eigenvalue weighted by Gasteiger charge is 2.40. The Labute approximate surface area is 136 Å². The molecular formula is C15H26N2O6. The van der Waals surface area contributed by atoms with Crippen molar-refractivity contribution in [1.29, 1.82) is 0 Å². The van der Waals surface area contributed by atoms with Crippen LogP contribution in [0.3, 0.4) is 0 Å². The molecule has 1 aliphatic rings. The van der Waals surface area contributed by atoms with E-state index in [0.29, 0.717) is 13.0 Å². The maximum atomic E-state index is 12.2. The van der Waals surface area contributed by atoms with E-state index in [1.54, 1.807) is 27.8 Å². The third-order valence-electron chi connectivity index (χ3n) is 3.69. The highest BCUT2D eigenvalue weighted by atomic mass is 16.6. The Morgan fingerprint density at radius 2 is 1.74 bits per heavy atom. The minimum absolute atomic E-state index is 0.227. The van der Waals surface area contributed by atoms with E-state index in [0.717, 1.165) is 0 Å². The summed E-state index contributed by atoms with van der Waals surface area (Å²) < 4.78 is 14.8. The fourth-order valence-electron chi connectivity index (χ4n) is 2.48. The van der Waals surface area contributed by atoms with Crippen molar-refractivity contribution in [3.8, 4) is 0 Å². The van der Waals surface area contributed by atoms with Gasteiger partial charge < -0.3 is 19.1 Å². The second kappa shape index (κ2) is 7.52. The summed E-state index contributed by atoms with van der Waals surface area (Å²) in [6.07, 6.45) is -0.244. The van der Waals surface area contributed by atoms with Crippen LogP contribution in [0.4, 0.5) is 9.59 Å². The number of ether oxygens (including phenoxy) is 3. The van der Waals surface area contributed by atoms with Crippen molar-refractivity contribution in [2.24, 2.45) is 0 Å². The van der Waals surface area contributed by atoms with Gasteiger partial charge in [-0.05, 0) is 33.6 Å². The van der Waals surface area contributed by atoms with Crippen LogP contribution < -0.4 is 0 Å². The van der Waals surface area contributed by atoms with Gasteiger partial charge in [-0.1, -0.05) is 0 Å². The minimum atomic E-state index is -0.781. The summed E-state index contributed by atoms with van der Waals surface area (Å²) in [5.74, 6) is -0.530. The molecule has 0 aromatic rings. The first kappa shape index (κ1) is 19.1. The smallest absolute Gasteiger partial charge is 0.410 e. The maximum Gasteiger partial charge on any atom is 0.410 e. The van der Waals surface area contributed by atoms with E-state index >= 15 is 0 Å². The molecule has 1 rings (SSSR count). The lowest BCUT2D eigenvalue weighted by Gasteiger charge is -2.40. The van der Waals surface area contributed by atoms with Crippen LogP contribution in [0.1, 0.15) is 33.6 Å². The average Bonchev–Trinajstić information content (AvgIpc) is 2.50. The summed E-state index contributed by atoms with van der Waals surface area (Å²) in [7, 11) is 4.15. The number of rotatable bonds is 2. The zero-order valence-electron chi connectivity index (χ0n) is 14.6. The molecule has 0 saturated carbocycles. The monoisotopic (exact) mass is 330 g/mol. The van der Waals surface area contributed by atoms with Crippen molar-refractivity contribution >= 4 is 18.2 Å². The predicted molar refractivity (Wildman–Crippen MR) is 81.9 cm³/mol. The molecule has 0 aromatic heterocycles. The summed E-state index contributed by atoms with van der Waals surface area (Å²) >= 11 is 0. The predicted octanol–water partition coefficient (Wildman–Crippen LogP) is 1.63. The van der Waals surface area contributed by atoms with Crippen LogP contribution in [-0.4, -0.2) is 73.5 Å². The van der Waals surface area contributed by atoms with Gasteiger partial charge in [0.05, 0.1) is 14.2 Å². The summed E-state index contributed by atoms with van der Waals surface area (Å²) in [6.45, 7) is 5.66. The summed E-state index contributed by atoms with van der Waals surface area (Å²) in [4.78, 5) is 38.7. The van der Waals surface area contributed by atoms with E-state index in [2.05, 4.69) is 0 Å². The first-order valence-electron chi connectivity index (χ1n) is 7.49. The lowest BCUT2D eigenvalue weighted by molar-refractivity contribution is -0.148. The molecule has 8 nitrogen and oxygen atoms in total. The molecule has 2 atom stereocenters. The molecule has 8 heteroatoms. The highest BCUT2D eigenvalue weighted by Crippen LogP contribution is 2.24. The Hall–Kier alpha value is -1.99. The van der Waals surface area contributed by atoms with E-state index in [-0.39, 0.29) is 12.5 Å². The van der Waals surface area contributed by atoms with Crippen molar-refractivity contribution in [3.05, 3.63) is 0 Å². The molecule has 2 unspecified atom stereocenters. The number of likely N-dealkylation sites (tertiary alicyclic amines) is 1. The standard InChI is InChI=1S/C15H26N2O6/c1-15(2,3)23-13(19)16(4)10-7-8-17(14(20)22-6)11(9-10)12(18)21-5/h10-11H,7-9H2,1-6H3. The van der Waals surface area contributed by atoms with Crippen molar-refractivity contribution in [1.82, 2.24) is 9.80 Å². The van der Waals surface area contributed by atoms with Gasteiger partial charge in [0.25, 0.3) is 0 Å². The molecule has 1 saturated heterocycles. The second-order valence-electron chi connectivity index (χ2n) is 6.47. The van der Waals surface area contributed by atoms with Crippen molar-refractivity contribution in [3.63, 3.8) is 0 Å². The third kappa shape index (κ3) is 5.01. The fraction of sp³-hybridized carbons (Fsp3) is 0.800. The van der Waals surface area contributed by atoms with Gasteiger partial charge in [-0.25, -0.2) is 14.4 Å². The van der Waals surface area contributed by atoms with E-state index in [1.807, 2.05) is 0 Å². The molecule has 2 amide bonds. The quantitative estimate of drug-likeness (QED) is 0.565. The molecule has 1 aliphatic heterocycles. The molecule has 0 bridgehead atoms. The number of hydrogen-bond acceptors (Lipinski definition) is 6. The van der Waals surface area contributed by atoms with Gasteiger partial charge in [0.15, 0.2) is 0 Å². The summed E-state index contributed by atoms with van der Waals surface area (Å²) in [6, 6.07) is -1.01. The first-order chi connectivity index (χ1) is 10.6. The minimum Gasteiger partial charge on any atom is -0.467 e. The average molecular weight is 330 g/mol. The van der Waals surface area contributed by atoms with Crippen LogP contribution in [0.2, 0.25) is 0 Å². The lowest BCUT2D eigenvalue weighted by atomic mass is 9.96. The molecule has 0 aromatic carbocycles. The van der Waals surface area contributed by atoms with Gasteiger partial charge in [-0.3, -0.25) is 4.90 Å². The van der Waals surface area contributed by atoms with Crippen LogP contribution in [0.5, 0.6) is 0 Å². The summed E-state index contributed by atoms with van der Waals surface area (Å²) in [5, 5.41) is 0. The number of amides is 2. The number of esters is 1. The van der Waals surface area contributed by atoms with E-state index < -0.39 is 29.8 Å². The second-order valence-corrected chi connectivity index (χ2v) is 6.47. The third-order valence-corrected chi connectivity index (χ3v) is 3.69. The van der Waals surface area contributed by atoms with Crippen LogP contribution >= 0.6 is 0 Å². The van der Waals surface area contributed by atoms with Crippen LogP contribution in [0.25, 0.3) is 0 Å². The van der Waals surface area contributed by atoms with Gasteiger partial charge >= 0.3 is 18.2 Å². The molecule has 23 heavy (non-hydrogen) atoms. The zero-order chi connectivity index (χ0) is 17.8. The van der Waals surface area contributed by atoms with Crippen LogP contribution in [0.15, 0.2) is 0 Å². The topological polar surface area (TPSA) is 85.4 Å². The Kier molecular flexibility index (Phi) is 6.23. The molecular weight excluding hydrogens is 304 g/mol. The number of carbonyl (C=O) groups excluding carboxylic acids is 3. The normalized spacial score (nSPS) is 21.4. The maximum absolute atomic E-state index is 12.2. The van der Waals surface area contributed by atoms with Gasteiger partial charge in [-0.15, -0.1) is 0 Å². The summed E-state index contributed by atoms with van der Waals surface area (Å²) in [5.41, 5.74) is -0.597. The van der Waals surface area contributed by atoms with Gasteiger partial charge in [0, 0.05) is 19.6 Å². The zero-order valence-corrected chi connectivity index (χ0v) is 14.6. The van der Waals surface area contributed by atoms with Gasteiger partial charge in [0.1, 0.15) is 11.6 Å². The SMILES string of the molecule is COC(=O)C1CC(N(C)C(=O)OC(C)(C)C)CCN1C(=O)OC. The van der Waals surface area contributed by atoms with Crippen molar-refractivity contribution in [2.45, 2.75) is 51.3 Å². The Balaban J connectivity index is 2.83. The van der Waals surface area contributed by atoms with Gasteiger partial charge in [-0.2, -0.15) is 0 Å². The lowest BCUT2D eigenvalue weighted by Crippen LogP contribution is -2.55. The molecule has 0 aliphatic carbocycles. The molecule has 0 radical (unpaired) electrons. The molecule has 0 spiro atoms. The van der Waals surface area contributed by atoms with Crippen LogP contribution in [0, 0.1) is 0 Å². The number of carbonyl (C=O) groups is 3. The number of nitrogens with zero attached hydrogens (tertiary/aromatic N) is 2. The van der Waals surface area contributed by atoms with Gasteiger partial charge in [0.2, 0.25) is 0 Å². The molecule has 1 fully saturated rings. The largest absolute Gasteiger partial charge is 0.467 e. The molecule has 1 heterocycles. The van der Waals surface area contributed by atoms with Crippen molar-refractivity contribution in [2.75, 3.05) is 27.8 Å². The Morgan fingerprint density at radius 3 is 2.22 bits per heavy atom. The first-order valence-corrected chi connectivity index (χ1v) is 7.49. The van der Waals surface area contributed by atoms with E-state index in [4.69, 9.17) is 14.2 Å². The van der Waals surface area contributed by atoms with Crippen LogP contribution in [-0.2, 0) is 19.0 Å². The van der Waals surface area contributed by atoms with E-state index in [1.165, 1.54) is 24.0 Å². The molecule has 132 valence electrons. The number of piperidine rings is 1. The molecule has 0 N–H and O–H groups in total. The highest BCUT2D eigenvalue weighted by molar-refractivity contribution is 5.81. The fourth-order valence-corrected chi connectivity index (χ4v) is 2.48. The number of methoxy groups -OCH3 is 2. The van der Waals surface area contributed by atoms with E-state index in [9.17, 15) is 14.4 Å². The Bertz CT molecular complexity index is 459. The van der Waals surface area contributed by atoms with Crippen molar-refractivity contribution < 1.29 is 28.6 Å².